The van der Waals surface area contributed by atoms with Crippen LogP contribution in [-0.2, 0) is 26.0 Å². The molecule has 10 heteroatoms. The van der Waals surface area contributed by atoms with Crippen molar-refractivity contribution in [3.63, 3.8) is 0 Å². The van der Waals surface area contributed by atoms with Gasteiger partial charge in [-0.2, -0.15) is 0 Å². The van der Waals surface area contributed by atoms with E-state index in [1.807, 2.05) is 0 Å². The third kappa shape index (κ3) is 4.87. The zero-order chi connectivity index (χ0) is 22.5. The first kappa shape index (κ1) is 23.1. The fraction of sp³-hybridized carbons (Fsp3) is 0.381. The summed E-state index contributed by atoms with van der Waals surface area (Å²) >= 11 is 0. The molecule has 1 aliphatic heterocycles. The van der Waals surface area contributed by atoms with Crippen LogP contribution in [0, 0.1) is 5.82 Å². The highest BCUT2D eigenvalue weighted by atomic mass is 32.2. The van der Waals surface area contributed by atoms with Gasteiger partial charge in [0.25, 0.3) is 5.91 Å². The van der Waals surface area contributed by atoms with Gasteiger partial charge in [0.15, 0.2) is 15.4 Å². The molecule has 1 fully saturated rings. The highest BCUT2D eigenvalue weighted by Crippen LogP contribution is 2.33. The van der Waals surface area contributed by atoms with E-state index >= 15 is 0 Å². The highest BCUT2D eigenvalue weighted by molar-refractivity contribution is 7.92. The third-order valence-electron chi connectivity index (χ3n) is 5.22. The molecule has 2 atom stereocenters. The molecular formula is C21H25FN2O6S. The van der Waals surface area contributed by atoms with E-state index in [2.05, 4.69) is 5.32 Å². The summed E-state index contributed by atoms with van der Waals surface area (Å²) in [6, 6.07) is 11.7. The molecule has 3 N–H and O–H groups in total. The second-order valence-electron chi connectivity index (χ2n) is 7.15. The molecule has 1 aliphatic rings. The topological polar surface area (TPSA) is 114 Å². The molecule has 168 valence electrons. The molecular weight excluding hydrogens is 427 g/mol. The van der Waals surface area contributed by atoms with Crippen molar-refractivity contribution in [2.45, 2.75) is 35.7 Å². The van der Waals surface area contributed by atoms with Gasteiger partial charge in [-0.05, 0) is 61.9 Å². The van der Waals surface area contributed by atoms with Gasteiger partial charge in [0, 0.05) is 13.2 Å². The predicted molar refractivity (Wildman–Crippen MR) is 110 cm³/mol. The van der Waals surface area contributed by atoms with E-state index in [1.165, 1.54) is 36.4 Å². The maximum absolute atomic E-state index is 13.4. The van der Waals surface area contributed by atoms with Gasteiger partial charge in [-0.15, -0.1) is 0 Å². The van der Waals surface area contributed by atoms with Crippen molar-refractivity contribution >= 4 is 15.7 Å². The molecule has 2 unspecified atom stereocenters. The van der Waals surface area contributed by atoms with Crippen molar-refractivity contribution < 1.29 is 32.3 Å². The van der Waals surface area contributed by atoms with Gasteiger partial charge in [-0.25, -0.2) is 18.3 Å². The summed E-state index contributed by atoms with van der Waals surface area (Å²) in [6.45, 7) is 2.28. The van der Waals surface area contributed by atoms with E-state index in [9.17, 15) is 22.8 Å². The monoisotopic (exact) mass is 452 g/mol. The standard InChI is InChI=1S/C21H25FN2O6S/c1-2-30-21(20(25)24-26)14-23-12-11-19(21)31(27,28)18-9-7-17(8-10-18)29-13-15-3-5-16(22)6-4-15/h3-10,19,23,26H,2,11-14H2,1H3,(H,24,25). The number of amides is 1. The number of benzene rings is 2. The van der Waals surface area contributed by atoms with Crippen LogP contribution in [0.15, 0.2) is 53.4 Å². The quantitative estimate of drug-likeness (QED) is 0.414. The number of sulfone groups is 1. The predicted octanol–water partition coefficient (Wildman–Crippen LogP) is 1.82. The Labute approximate surface area is 180 Å². The molecule has 1 amide bonds. The van der Waals surface area contributed by atoms with E-state index in [0.29, 0.717) is 12.3 Å². The van der Waals surface area contributed by atoms with Crippen molar-refractivity contribution in [1.82, 2.24) is 10.8 Å². The minimum atomic E-state index is -3.97. The van der Waals surface area contributed by atoms with Gasteiger partial charge in [0.1, 0.15) is 23.4 Å². The maximum atomic E-state index is 13.4. The van der Waals surface area contributed by atoms with Crippen LogP contribution >= 0.6 is 0 Å². The lowest BCUT2D eigenvalue weighted by molar-refractivity contribution is -0.157. The molecule has 8 nitrogen and oxygen atoms in total. The minimum absolute atomic E-state index is 0.0170. The number of halogens is 1. The van der Waals surface area contributed by atoms with E-state index in [-0.39, 0.29) is 36.9 Å². The molecule has 0 aromatic heterocycles. The van der Waals surface area contributed by atoms with E-state index in [4.69, 9.17) is 9.47 Å². The maximum Gasteiger partial charge on any atom is 0.278 e. The number of hydroxylamine groups is 1. The second-order valence-corrected chi connectivity index (χ2v) is 9.28. The number of carbonyl (C=O) groups excluding carboxylic acids is 1. The van der Waals surface area contributed by atoms with Gasteiger partial charge in [-0.1, -0.05) is 12.1 Å². The van der Waals surface area contributed by atoms with Gasteiger partial charge in [-0.3, -0.25) is 10.0 Å². The second kappa shape index (κ2) is 9.73. The molecule has 31 heavy (non-hydrogen) atoms. The number of carbonyl (C=O) groups is 1. The van der Waals surface area contributed by atoms with Crippen LogP contribution in [0.25, 0.3) is 0 Å². The van der Waals surface area contributed by atoms with Crippen molar-refractivity contribution in [2.75, 3.05) is 19.7 Å². The lowest BCUT2D eigenvalue weighted by Crippen LogP contribution is -2.66. The zero-order valence-electron chi connectivity index (χ0n) is 17.0. The molecule has 1 saturated heterocycles. The Morgan fingerprint density at radius 1 is 1.23 bits per heavy atom. The Morgan fingerprint density at radius 3 is 2.52 bits per heavy atom. The largest absolute Gasteiger partial charge is 0.489 e. The van der Waals surface area contributed by atoms with E-state index < -0.39 is 26.6 Å². The smallest absolute Gasteiger partial charge is 0.278 e. The lowest BCUT2D eigenvalue weighted by atomic mass is 9.92. The number of piperidine rings is 1. The molecule has 0 saturated carbocycles. The molecule has 0 aliphatic carbocycles. The van der Waals surface area contributed by atoms with Crippen LogP contribution in [0.3, 0.4) is 0 Å². The van der Waals surface area contributed by atoms with E-state index in [1.54, 1.807) is 24.5 Å². The van der Waals surface area contributed by atoms with Crippen LogP contribution in [0.2, 0.25) is 0 Å². The first-order chi connectivity index (χ1) is 14.8. The van der Waals surface area contributed by atoms with Gasteiger partial charge < -0.3 is 14.8 Å². The number of hydrogen-bond acceptors (Lipinski definition) is 7. The molecule has 2 aromatic carbocycles. The Kier molecular flexibility index (Phi) is 7.26. The van der Waals surface area contributed by atoms with Gasteiger partial charge in [0.05, 0.1) is 4.90 Å². The van der Waals surface area contributed by atoms with Crippen molar-refractivity contribution in [2.24, 2.45) is 0 Å². The van der Waals surface area contributed by atoms with Crippen molar-refractivity contribution in [1.29, 1.82) is 0 Å². The summed E-state index contributed by atoms with van der Waals surface area (Å²) in [5, 5.41) is 11.0. The number of nitrogens with one attached hydrogen (secondary N) is 2. The molecule has 0 radical (unpaired) electrons. The summed E-state index contributed by atoms with van der Waals surface area (Å²) in [4.78, 5) is 12.4. The third-order valence-corrected chi connectivity index (χ3v) is 7.52. The van der Waals surface area contributed by atoms with Gasteiger partial charge in [0.2, 0.25) is 0 Å². The summed E-state index contributed by atoms with van der Waals surface area (Å²) in [6.07, 6.45) is 0.137. The molecule has 0 spiro atoms. The SMILES string of the molecule is CCOC1(C(=O)NO)CNCCC1S(=O)(=O)c1ccc(OCc2ccc(F)cc2)cc1. The first-order valence-electron chi connectivity index (χ1n) is 9.84. The highest BCUT2D eigenvalue weighted by Gasteiger charge is 2.54. The van der Waals surface area contributed by atoms with E-state index in [0.717, 1.165) is 5.56 Å². The Hall–Kier alpha value is -2.53. The average molecular weight is 453 g/mol. The first-order valence-corrected chi connectivity index (χ1v) is 11.4. The minimum Gasteiger partial charge on any atom is -0.489 e. The summed E-state index contributed by atoms with van der Waals surface area (Å²) < 4.78 is 51.0. The normalized spacial score (nSPS) is 21.5. The lowest BCUT2D eigenvalue weighted by Gasteiger charge is -2.41. The summed E-state index contributed by atoms with van der Waals surface area (Å²) in [5.74, 6) is -0.804. The van der Waals surface area contributed by atoms with Crippen molar-refractivity contribution in [3.05, 3.63) is 59.9 Å². The van der Waals surface area contributed by atoms with Crippen LogP contribution < -0.4 is 15.5 Å². The Bertz CT molecular complexity index is 994. The zero-order valence-corrected chi connectivity index (χ0v) is 17.8. The Morgan fingerprint density at radius 2 is 1.90 bits per heavy atom. The van der Waals surface area contributed by atoms with Crippen LogP contribution in [-0.4, -0.2) is 50.1 Å². The fourth-order valence-electron chi connectivity index (χ4n) is 3.69. The fourth-order valence-corrected chi connectivity index (χ4v) is 5.72. The van der Waals surface area contributed by atoms with Crippen LogP contribution in [0.1, 0.15) is 18.9 Å². The average Bonchev–Trinajstić information content (AvgIpc) is 2.78. The molecule has 3 rings (SSSR count). The number of hydrogen-bond donors (Lipinski definition) is 3. The van der Waals surface area contributed by atoms with Gasteiger partial charge >= 0.3 is 0 Å². The Balaban J connectivity index is 1.81. The summed E-state index contributed by atoms with van der Waals surface area (Å²) in [7, 11) is -3.97. The van der Waals surface area contributed by atoms with Crippen LogP contribution in [0.4, 0.5) is 4.39 Å². The van der Waals surface area contributed by atoms with Crippen molar-refractivity contribution in [3.8, 4) is 5.75 Å². The molecule has 2 aromatic rings. The molecule has 1 heterocycles. The van der Waals surface area contributed by atoms with Crippen LogP contribution in [0.5, 0.6) is 5.75 Å². The molecule has 0 bridgehead atoms. The summed E-state index contributed by atoms with van der Waals surface area (Å²) in [5.41, 5.74) is 0.563. The number of ether oxygens (including phenoxy) is 2. The number of rotatable bonds is 8.